The second-order valence-corrected chi connectivity index (χ2v) is 3.48. The van der Waals surface area contributed by atoms with E-state index in [0.717, 1.165) is 6.29 Å². The van der Waals surface area contributed by atoms with E-state index in [9.17, 15) is 4.79 Å². The van der Waals surface area contributed by atoms with Crippen LogP contribution in [0, 0.1) is 0 Å². The first kappa shape index (κ1) is 10.7. The summed E-state index contributed by atoms with van der Waals surface area (Å²) < 4.78 is 10.3. The van der Waals surface area contributed by atoms with Crippen LogP contribution in [0.5, 0.6) is 5.75 Å². The molecule has 0 fully saturated rings. The second kappa shape index (κ2) is 4.81. The molecule has 16 heavy (non-hydrogen) atoms. The lowest BCUT2D eigenvalue weighted by atomic mass is 10.2. The van der Waals surface area contributed by atoms with E-state index < -0.39 is 0 Å². The van der Waals surface area contributed by atoms with Gasteiger partial charge in [0.15, 0.2) is 5.76 Å². The highest BCUT2D eigenvalue weighted by Gasteiger charge is 2.04. The van der Waals surface area contributed by atoms with Crippen molar-refractivity contribution < 1.29 is 14.1 Å². The van der Waals surface area contributed by atoms with Crippen molar-refractivity contribution in [2.24, 2.45) is 0 Å². The first-order chi connectivity index (χ1) is 7.79. The molecule has 82 valence electrons. The van der Waals surface area contributed by atoms with Gasteiger partial charge in [0.1, 0.15) is 18.6 Å². The minimum absolute atomic E-state index is 0.250. The quantitative estimate of drug-likeness (QED) is 0.768. The number of carbonyl (C=O) groups excluding carboxylic acids is 1. The van der Waals surface area contributed by atoms with Crippen LogP contribution >= 0.6 is 11.6 Å². The van der Waals surface area contributed by atoms with Gasteiger partial charge in [-0.05, 0) is 18.2 Å². The number of hydrogen-bond acceptors (Lipinski definition) is 4. The molecule has 0 N–H and O–H groups in total. The monoisotopic (exact) mass is 237 g/mol. The zero-order valence-electron chi connectivity index (χ0n) is 8.22. The maximum atomic E-state index is 10.5. The fourth-order valence-corrected chi connectivity index (χ4v) is 1.42. The third-order valence-electron chi connectivity index (χ3n) is 1.95. The Labute approximate surface area is 96.8 Å². The summed E-state index contributed by atoms with van der Waals surface area (Å²) in [6.45, 7) is 0.250. The molecule has 4 nitrogen and oxygen atoms in total. The Bertz CT molecular complexity index is 482. The van der Waals surface area contributed by atoms with Crippen LogP contribution in [0.1, 0.15) is 16.1 Å². The van der Waals surface area contributed by atoms with Crippen molar-refractivity contribution in [1.29, 1.82) is 0 Å². The first-order valence-corrected chi connectivity index (χ1v) is 4.94. The number of benzene rings is 1. The topological polar surface area (TPSA) is 52.3 Å². The third kappa shape index (κ3) is 2.41. The van der Waals surface area contributed by atoms with Gasteiger partial charge in [-0.25, -0.2) is 0 Å². The van der Waals surface area contributed by atoms with Crippen molar-refractivity contribution in [1.82, 2.24) is 5.16 Å². The average Bonchev–Trinajstić information content (AvgIpc) is 2.80. The number of hydrogen-bond donors (Lipinski definition) is 0. The van der Waals surface area contributed by atoms with Crippen LogP contribution in [0.2, 0.25) is 5.02 Å². The van der Waals surface area contributed by atoms with Crippen molar-refractivity contribution in [3.8, 4) is 5.75 Å². The smallest absolute Gasteiger partial charge is 0.174 e. The van der Waals surface area contributed by atoms with Gasteiger partial charge in [0.25, 0.3) is 0 Å². The normalized spacial score (nSPS) is 10.1. The van der Waals surface area contributed by atoms with Gasteiger partial charge >= 0.3 is 0 Å². The summed E-state index contributed by atoms with van der Waals surface area (Å²) in [5.74, 6) is 1.11. The molecule has 1 heterocycles. The zero-order chi connectivity index (χ0) is 11.4. The third-order valence-corrected chi connectivity index (χ3v) is 2.25. The minimum Gasteiger partial charge on any atom is -0.484 e. The molecule has 0 bridgehead atoms. The summed E-state index contributed by atoms with van der Waals surface area (Å²) >= 11 is 5.92. The van der Waals surface area contributed by atoms with Crippen LogP contribution in [0.4, 0.5) is 0 Å². The fourth-order valence-electron chi connectivity index (χ4n) is 1.17. The molecule has 0 spiro atoms. The SMILES string of the molecule is O=Cc1ccc(OCc2ccno2)c(Cl)c1. The summed E-state index contributed by atoms with van der Waals surface area (Å²) in [6.07, 6.45) is 2.27. The van der Waals surface area contributed by atoms with E-state index in [1.807, 2.05) is 0 Å². The van der Waals surface area contributed by atoms with Crippen LogP contribution in [0.3, 0.4) is 0 Å². The van der Waals surface area contributed by atoms with E-state index in [1.165, 1.54) is 6.20 Å². The lowest BCUT2D eigenvalue weighted by Crippen LogP contribution is -1.94. The Hall–Kier alpha value is -1.81. The molecular weight excluding hydrogens is 230 g/mol. The van der Waals surface area contributed by atoms with E-state index in [1.54, 1.807) is 24.3 Å². The van der Waals surface area contributed by atoms with Crippen LogP contribution in [0.15, 0.2) is 35.0 Å². The van der Waals surface area contributed by atoms with Crippen molar-refractivity contribution in [2.75, 3.05) is 0 Å². The Morgan fingerprint density at radius 1 is 1.44 bits per heavy atom. The minimum atomic E-state index is 0.250. The molecule has 2 rings (SSSR count). The van der Waals surface area contributed by atoms with Crippen molar-refractivity contribution >= 4 is 17.9 Å². The molecule has 0 aliphatic heterocycles. The Kier molecular flexibility index (Phi) is 3.22. The summed E-state index contributed by atoms with van der Waals surface area (Å²) in [4.78, 5) is 10.5. The standard InChI is InChI=1S/C11H8ClNO3/c12-10-5-8(6-14)1-2-11(10)15-7-9-3-4-13-16-9/h1-6H,7H2. The highest BCUT2D eigenvalue weighted by Crippen LogP contribution is 2.25. The summed E-state index contributed by atoms with van der Waals surface area (Å²) in [6, 6.07) is 6.52. The van der Waals surface area contributed by atoms with E-state index in [0.29, 0.717) is 22.1 Å². The maximum absolute atomic E-state index is 10.5. The second-order valence-electron chi connectivity index (χ2n) is 3.08. The number of rotatable bonds is 4. The summed E-state index contributed by atoms with van der Waals surface area (Å²) in [7, 11) is 0. The van der Waals surface area contributed by atoms with Crippen LogP contribution in [-0.2, 0) is 6.61 Å². The van der Waals surface area contributed by atoms with Crippen molar-refractivity contribution in [3.05, 3.63) is 46.8 Å². The molecule has 0 radical (unpaired) electrons. The van der Waals surface area contributed by atoms with E-state index >= 15 is 0 Å². The average molecular weight is 238 g/mol. The van der Waals surface area contributed by atoms with Crippen LogP contribution in [-0.4, -0.2) is 11.4 Å². The highest BCUT2D eigenvalue weighted by molar-refractivity contribution is 6.32. The number of carbonyl (C=O) groups is 1. The first-order valence-electron chi connectivity index (χ1n) is 4.56. The molecule has 0 saturated heterocycles. The van der Waals surface area contributed by atoms with Crippen molar-refractivity contribution in [3.63, 3.8) is 0 Å². The number of aromatic nitrogens is 1. The summed E-state index contributed by atoms with van der Waals surface area (Å²) in [5.41, 5.74) is 0.511. The van der Waals surface area contributed by atoms with Gasteiger partial charge in [0.05, 0.1) is 11.2 Å². The fraction of sp³-hybridized carbons (Fsp3) is 0.0909. The van der Waals surface area contributed by atoms with E-state index in [2.05, 4.69) is 5.16 Å². The van der Waals surface area contributed by atoms with E-state index in [4.69, 9.17) is 20.9 Å². The molecule has 1 aromatic heterocycles. The highest BCUT2D eigenvalue weighted by atomic mass is 35.5. The molecule has 0 unspecified atom stereocenters. The van der Waals surface area contributed by atoms with Gasteiger partial charge in [-0.2, -0.15) is 0 Å². The molecule has 0 saturated carbocycles. The molecule has 0 amide bonds. The maximum Gasteiger partial charge on any atom is 0.174 e. The van der Waals surface area contributed by atoms with Gasteiger partial charge in [-0.3, -0.25) is 4.79 Å². The van der Waals surface area contributed by atoms with Gasteiger partial charge in [0, 0.05) is 11.6 Å². The molecule has 0 aliphatic carbocycles. The molecule has 0 aliphatic rings. The predicted molar refractivity (Wildman–Crippen MR) is 57.7 cm³/mol. The van der Waals surface area contributed by atoms with Crippen molar-refractivity contribution in [2.45, 2.75) is 6.61 Å². The molecule has 2 aromatic rings. The predicted octanol–water partition coefficient (Wildman–Crippen LogP) is 2.72. The number of aldehydes is 1. The molecule has 0 atom stereocenters. The molecular formula is C11H8ClNO3. The molecule has 1 aromatic carbocycles. The van der Waals surface area contributed by atoms with Gasteiger partial charge in [-0.1, -0.05) is 16.8 Å². The summed E-state index contributed by atoms with van der Waals surface area (Å²) in [5, 5.41) is 3.94. The Morgan fingerprint density at radius 2 is 2.31 bits per heavy atom. The molecule has 5 heteroatoms. The lowest BCUT2D eigenvalue weighted by Gasteiger charge is -2.05. The number of halogens is 1. The largest absolute Gasteiger partial charge is 0.484 e. The van der Waals surface area contributed by atoms with E-state index in [-0.39, 0.29) is 6.61 Å². The number of nitrogens with zero attached hydrogens (tertiary/aromatic N) is 1. The van der Waals surface area contributed by atoms with Crippen LogP contribution in [0.25, 0.3) is 0 Å². The Balaban J connectivity index is 2.07. The lowest BCUT2D eigenvalue weighted by molar-refractivity contribution is 0.112. The van der Waals surface area contributed by atoms with Crippen LogP contribution < -0.4 is 4.74 Å². The Morgan fingerprint density at radius 3 is 2.94 bits per heavy atom. The van der Waals surface area contributed by atoms with Gasteiger partial charge in [0.2, 0.25) is 0 Å². The van der Waals surface area contributed by atoms with Gasteiger partial charge < -0.3 is 9.26 Å². The number of ether oxygens (including phenoxy) is 1. The zero-order valence-corrected chi connectivity index (χ0v) is 8.98. The van der Waals surface area contributed by atoms with Gasteiger partial charge in [-0.15, -0.1) is 0 Å².